The summed E-state index contributed by atoms with van der Waals surface area (Å²) >= 11 is 0. The lowest BCUT2D eigenvalue weighted by Gasteiger charge is -2.18. The van der Waals surface area contributed by atoms with Crippen molar-refractivity contribution in [2.24, 2.45) is 0 Å². The first-order valence-corrected chi connectivity index (χ1v) is 8.64. The molecule has 0 aliphatic carbocycles. The first-order chi connectivity index (χ1) is 13.2. The topological polar surface area (TPSA) is 88.7 Å². The summed E-state index contributed by atoms with van der Waals surface area (Å²) in [6.07, 6.45) is 3.59. The van der Waals surface area contributed by atoms with E-state index in [0.717, 1.165) is 11.3 Å². The van der Waals surface area contributed by atoms with Crippen molar-refractivity contribution in [3.05, 3.63) is 84.0 Å². The molecule has 1 atom stereocenters. The predicted octanol–water partition coefficient (Wildman–Crippen LogP) is 3.35. The summed E-state index contributed by atoms with van der Waals surface area (Å²) < 4.78 is 7.36. The molecule has 0 saturated heterocycles. The predicted molar refractivity (Wildman–Crippen MR) is 99.9 cm³/mol. The minimum Gasteiger partial charge on any atom is -0.460 e. The number of rotatable bonds is 6. The van der Waals surface area contributed by atoms with Crippen LogP contribution >= 0.6 is 0 Å². The number of hydrogen-bond acceptors (Lipinski definition) is 4. The highest BCUT2D eigenvalue weighted by molar-refractivity contribution is 5.93. The number of aryl methyl sites for hydroxylation is 1. The SMILES string of the molecule is Cc1ccc(-c2cc(C(=O)N[C@H](Cn3cccn3)c3ccccc3)n[nH]2)o1. The van der Waals surface area contributed by atoms with Gasteiger partial charge in [-0.25, -0.2) is 0 Å². The van der Waals surface area contributed by atoms with E-state index in [1.54, 1.807) is 16.9 Å². The fourth-order valence-electron chi connectivity index (χ4n) is 2.89. The van der Waals surface area contributed by atoms with E-state index >= 15 is 0 Å². The molecule has 0 saturated carbocycles. The van der Waals surface area contributed by atoms with Gasteiger partial charge in [0, 0.05) is 18.5 Å². The maximum absolute atomic E-state index is 12.8. The zero-order valence-electron chi connectivity index (χ0n) is 14.8. The third-order valence-electron chi connectivity index (χ3n) is 4.25. The molecule has 0 fully saturated rings. The molecule has 3 heterocycles. The Bertz CT molecular complexity index is 1020. The molecule has 1 aromatic carbocycles. The Morgan fingerprint density at radius 3 is 2.78 bits per heavy atom. The molecule has 7 nitrogen and oxygen atoms in total. The zero-order valence-corrected chi connectivity index (χ0v) is 14.8. The highest BCUT2D eigenvalue weighted by atomic mass is 16.3. The third kappa shape index (κ3) is 3.82. The third-order valence-corrected chi connectivity index (χ3v) is 4.25. The lowest BCUT2D eigenvalue weighted by atomic mass is 10.1. The van der Waals surface area contributed by atoms with Crippen molar-refractivity contribution >= 4 is 5.91 Å². The second kappa shape index (κ2) is 7.33. The van der Waals surface area contributed by atoms with Crippen LogP contribution in [0.25, 0.3) is 11.5 Å². The molecule has 4 aromatic rings. The molecule has 4 rings (SSSR count). The average Bonchev–Trinajstić information content (AvgIpc) is 3.43. The van der Waals surface area contributed by atoms with E-state index in [-0.39, 0.29) is 11.9 Å². The number of amides is 1. The Morgan fingerprint density at radius 1 is 1.22 bits per heavy atom. The second-order valence-electron chi connectivity index (χ2n) is 6.24. The number of carbonyl (C=O) groups is 1. The number of aromatic nitrogens is 4. The molecule has 136 valence electrons. The Labute approximate surface area is 156 Å². The maximum atomic E-state index is 12.8. The van der Waals surface area contributed by atoms with Crippen molar-refractivity contribution in [1.29, 1.82) is 0 Å². The van der Waals surface area contributed by atoms with Crippen LogP contribution < -0.4 is 5.32 Å². The van der Waals surface area contributed by atoms with Gasteiger partial charge in [0.15, 0.2) is 11.5 Å². The van der Waals surface area contributed by atoms with Gasteiger partial charge in [-0.2, -0.15) is 10.2 Å². The van der Waals surface area contributed by atoms with Crippen LogP contribution in [0, 0.1) is 6.92 Å². The van der Waals surface area contributed by atoms with Crippen molar-refractivity contribution in [2.45, 2.75) is 19.5 Å². The number of benzene rings is 1. The number of hydrogen-bond donors (Lipinski definition) is 2. The van der Waals surface area contributed by atoms with E-state index in [9.17, 15) is 4.79 Å². The first-order valence-electron chi connectivity index (χ1n) is 8.64. The van der Waals surface area contributed by atoms with Crippen LogP contribution in [-0.4, -0.2) is 25.9 Å². The van der Waals surface area contributed by atoms with Gasteiger partial charge in [-0.3, -0.25) is 14.6 Å². The molecule has 0 bridgehead atoms. The molecule has 2 N–H and O–H groups in total. The average molecular weight is 361 g/mol. The quantitative estimate of drug-likeness (QED) is 0.551. The van der Waals surface area contributed by atoms with Crippen LogP contribution in [0.3, 0.4) is 0 Å². The van der Waals surface area contributed by atoms with Crippen LogP contribution in [0.4, 0.5) is 0 Å². The Morgan fingerprint density at radius 2 is 2.07 bits per heavy atom. The highest BCUT2D eigenvalue weighted by Gasteiger charge is 2.19. The summed E-state index contributed by atoms with van der Waals surface area (Å²) in [4.78, 5) is 12.8. The van der Waals surface area contributed by atoms with Gasteiger partial charge in [-0.15, -0.1) is 0 Å². The first kappa shape index (κ1) is 16.8. The highest BCUT2D eigenvalue weighted by Crippen LogP contribution is 2.21. The molecular weight excluding hydrogens is 342 g/mol. The number of furan rings is 1. The van der Waals surface area contributed by atoms with Gasteiger partial charge >= 0.3 is 0 Å². The minimum atomic E-state index is -0.262. The smallest absolute Gasteiger partial charge is 0.272 e. The summed E-state index contributed by atoms with van der Waals surface area (Å²) in [6, 6.07) is 16.8. The van der Waals surface area contributed by atoms with Crippen molar-refractivity contribution < 1.29 is 9.21 Å². The van der Waals surface area contributed by atoms with E-state index in [4.69, 9.17) is 4.42 Å². The van der Waals surface area contributed by atoms with Gasteiger partial charge in [0.25, 0.3) is 5.91 Å². The molecule has 27 heavy (non-hydrogen) atoms. The Balaban J connectivity index is 1.54. The van der Waals surface area contributed by atoms with E-state index in [0.29, 0.717) is 23.7 Å². The number of aromatic amines is 1. The molecule has 0 spiro atoms. The van der Waals surface area contributed by atoms with Crippen LogP contribution in [0.1, 0.15) is 27.9 Å². The van der Waals surface area contributed by atoms with Crippen LogP contribution in [-0.2, 0) is 6.54 Å². The van der Waals surface area contributed by atoms with Gasteiger partial charge in [0.05, 0.1) is 12.6 Å². The molecule has 0 unspecified atom stereocenters. The van der Waals surface area contributed by atoms with E-state index in [2.05, 4.69) is 20.6 Å². The zero-order chi connectivity index (χ0) is 18.6. The summed E-state index contributed by atoms with van der Waals surface area (Å²) in [7, 11) is 0. The van der Waals surface area contributed by atoms with Crippen molar-refractivity contribution in [2.75, 3.05) is 0 Å². The standard InChI is InChI=1S/C20H19N5O2/c1-14-8-9-19(27-14)16-12-17(24-23-16)20(26)22-18(13-25-11-5-10-21-25)15-6-3-2-4-7-15/h2-12,18H,13H2,1H3,(H,22,26)(H,23,24)/t18-/m1/s1. The van der Waals surface area contributed by atoms with E-state index in [1.165, 1.54) is 0 Å². The molecule has 0 aliphatic heterocycles. The molecule has 3 aromatic heterocycles. The summed E-state index contributed by atoms with van der Waals surface area (Å²) in [5.74, 6) is 1.19. The Hall–Kier alpha value is -3.61. The number of nitrogens with zero attached hydrogens (tertiary/aromatic N) is 3. The molecule has 1 amide bonds. The lowest BCUT2D eigenvalue weighted by molar-refractivity contribution is 0.0926. The minimum absolute atomic E-state index is 0.232. The maximum Gasteiger partial charge on any atom is 0.272 e. The number of H-pyrrole nitrogens is 1. The molecule has 0 radical (unpaired) electrons. The van der Waals surface area contributed by atoms with Crippen LogP contribution in [0.2, 0.25) is 0 Å². The monoisotopic (exact) mass is 361 g/mol. The number of nitrogens with one attached hydrogen (secondary N) is 2. The summed E-state index contributed by atoms with van der Waals surface area (Å²) in [5, 5.41) is 14.3. The van der Waals surface area contributed by atoms with Crippen LogP contribution in [0.15, 0.2) is 71.4 Å². The van der Waals surface area contributed by atoms with Gasteiger partial charge in [0.1, 0.15) is 11.5 Å². The Kier molecular flexibility index (Phi) is 4.57. The summed E-state index contributed by atoms with van der Waals surface area (Å²) in [5.41, 5.74) is 1.97. The molecule has 0 aliphatic rings. The molecule has 7 heteroatoms. The van der Waals surface area contributed by atoms with Gasteiger partial charge < -0.3 is 9.73 Å². The van der Waals surface area contributed by atoms with Crippen molar-refractivity contribution in [3.8, 4) is 11.5 Å². The van der Waals surface area contributed by atoms with Gasteiger partial charge in [-0.05, 0) is 30.7 Å². The van der Waals surface area contributed by atoms with Crippen molar-refractivity contribution in [1.82, 2.24) is 25.3 Å². The molecular formula is C20H19N5O2. The fraction of sp³-hybridized carbons (Fsp3) is 0.150. The number of carbonyl (C=O) groups excluding carboxylic acids is 1. The second-order valence-corrected chi connectivity index (χ2v) is 6.24. The van der Waals surface area contributed by atoms with Gasteiger partial charge in [-0.1, -0.05) is 30.3 Å². The van der Waals surface area contributed by atoms with E-state index in [1.807, 2.05) is 61.7 Å². The summed E-state index contributed by atoms with van der Waals surface area (Å²) in [6.45, 7) is 2.39. The normalized spacial score (nSPS) is 12.0. The lowest BCUT2D eigenvalue weighted by Crippen LogP contribution is -2.31. The van der Waals surface area contributed by atoms with E-state index < -0.39 is 0 Å². The van der Waals surface area contributed by atoms with Gasteiger partial charge in [0.2, 0.25) is 0 Å². The van der Waals surface area contributed by atoms with Crippen molar-refractivity contribution in [3.63, 3.8) is 0 Å². The fourth-order valence-corrected chi connectivity index (χ4v) is 2.89. The largest absolute Gasteiger partial charge is 0.460 e. The van der Waals surface area contributed by atoms with Crippen LogP contribution in [0.5, 0.6) is 0 Å².